The minimum Gasteiger partial charge on any atom is -0.494 e. The molecule has 0 bridgehead atoms. The van der Waals surface area contributed by atoms with Crippen molar-refractivity contribution in [2.75, 3.05) is 32.6 Å². The Balaban J connectivity index is 1.40. The molecular weight excluding hydrogens is 378 g/mol. The SMILES string of the molecule is CN(C)CCCOc1ccc(NC(=O)c2nc(C3CC3)n(-c3ccccc3)n2)cc1. The fourth-order valence-electron chi connectivity index (χ4n) is 3.18. The average Bonchev–Trinajstić information content (AvgIpc) is 3.50. The standard InChI is InChI=1S/C23H27N5O2/c1-27(2)15-6-16-30-20-13-11-18(12-14-20)24-23(29)21-25-22(17-9-10-17)28(26-21)19-7-4-3-5-8-19/h3-5,7-8,11-14,17H,6,9-10,15-16H2,1-2H3,(H,24,29). The number of hydrogen-bond acceptors (Lipinski definition) is 5. The Morgan fingerprint density at radius 2 is 1.87 bits per heavy atom. The first kappa shape index (κ1) is 20.1. The Labute approximate surface area is 176 Å². The van der Waals surface area contributed by atoms with Crippen molar-refractivity contribution in [2.24, 2.45) is 0 Å². The lowest BCUT2D eigenvalue weighted by molar-refractivity contribution is 0.101. The third-order valence-electron chi connectivity index (χ3n) is 4.91. The van der Waals surface area contributed by atoms with Crippen LogP contribution in [-0.4, -0.2) is 52.8 Å². The number of aromatic nitrogens is 3. The van der Waals surface area contributed by atoms with Crippen molar-refractivity contribution in [1.82, 2.24) is 19.7 Å². The van der Waals surface area contributed by atoms with E-state index in [1.54, 1.807) is 4.68 Å². The summed E-state index contributed by atoms with van der Waals surface area (Å²) in [5.74, 6) is 1.89. The molecule has 1 heterocycles. The minimum absolute atomic E-state index is 0.185. The summed E-state index contributed by atoms with van der Waals surface area (Å²) < 4.78 is 7.52. The largest absolute Gasteiger partial charge is 0.494 e. The zero-order chi connectivity index (χ0) is 20.9. The summed E-state index contributed by atoms with van der Waals surface area (Å²) >= 11 is 0. The Bertz CT molecular complexity index is 979. The van der Waals surface area contributed by atoms with Crippen LogP contribution in [0.25, 0.3) is 5.69 Å². The van der Waals surface area contributed by atoms with Gasteiger partial charge in [-0.25, -0.2) is 9.67 Å². The molecular formula is C23H27N5O2. The quantitative estimate of drug-likeness (QED) is 0.549. The van der Waals surface area contributed by atoms with Crippen LogP contribution in [0.2, 0.25) is 0 Å². The van der Waals surface area contributed by atoms with Crippen LogP contribution < -0.4 is 10.1 Å². The molecule has 30 heavy (non-hydrogen) atoms. The number of para-hydroxylation sites is 1. The lowest BCUT2D eigenvalue weighted by atomic mass is 10.3. The fraction of sp³-hybridized carbons (Fsp3) is 0.348. The Hall–Kier alpha value is -3.19. The monoisotopic (exact) mass is 405 g/mol. The minimum atomic E-state index is -0.314. The van der Waals surface area contributed by atoms with E-state index < -0.39 is 0 Å². The number of rotatable bonds is 9. The van der Waals surface area contributed by atoms with Gasteiger partial charge >= 0.3 is 0 Å². The first-order valence-corrected chi connectivity index (χ1v) is 10.3. The van der Waals surface area contributed by atoms with Gasteiger partial charge in [-0.05, 0) is 69.8 Å². The smallest absolute Gasteiger partial charge is 0.295 e. The molecule has 1 aromatic heterocycles. The summed E-state index contributed by atoms with van der Waals surface area (Å²) in [7, 11) is 4.09. The van der Waals surface area contributed by atoms with Gasteiger partial charge in [0.1, 0.15) is 11.6 Å². The van der Waals surface area contributed by atoms with Gasteiger partial charge in [-0.3, -0.25) is 4.79 Å². The van der Waals surface area contributed by atoms with Crippen LogP contribution in [-0.2, 0) is 0 Å². The average molecular weight is 406 g/mol. The molecule has 1 aliphatic rings. The molecule has 0 aliphatic heterocycles. The van der Waals surface area contributed by atoms with Crippen LogP contribution in [0.1, 0.15) is 41.6 Å². The predicted molar refractivity (Wildman–Crippen MR) is 116 cm³/mol. The van der Waals surface area contributed by atoms with E-state index in [1.165, 1.54) is 0 Å². The molecule has 1 N–H and O–H groups in total. The number of hydrogen-bond donors (Lipinski definition) is 1. The summed E-state index contributed by atoms with van der Waals surface area (Å²) in [5.41, 5.74) is 1.60. The summed E-state index contributed by atoms with van der Waals surface area (Å²) in [5, 5.41) is 7.36. The number of nitrogens with one attached hydrogen (secondary N) is 1. The van der Waals surface area contributed by atoms with Crippen molar-refractivity contribution in [3.05, 3.63) is 66.2 Å². The van der Waals surface area contributed by atoms with E-state index in [2.05, 4.69) is 20.3 Å². The van der Waals surface area contributed by atoms with Crippen molar-refractivity contribution in [1.29, 1.82) is 0 Å². The van der Waals surface area contributed by atoms with Crippen molar-refractivity contribution < 1.29 is 9.53 Å². The van der Waals surface area contributed by atoms with Gasteiger partial charge in [-0.2, -0.15) is 0 Å². The molecule has 0 radical (unpaired) electrons. The number of carbonyl (C=O) groups is 1. The Morgan fingerprint density at radius 1 is 1.13 bits per heavy atom. The number of carbonyl (C=O) groups excluding carboxylic acids is 1. The Morgan fingerprint density at radius 3 is 2.53 bits per heavy atom. The molecule has 7 nitrogen and oxygen atoms in total. The van der Waals surface area contributed by atoms with Crippen LogP contribution >= 0.6 is 0 Å². The van der Waals surface area contributed by atoms with Gasteiger partial charge in [0, 0.05) is 18.2 Å². The van der Waals surface area contributed by atoms with Gasteiger partial charge in [0.15, 0.2) is 0 Å². The summed E-state index contributed by atoms with van der Waals surface area (Å²) in [6.45, 7) is 1.65. The Kier molecular flexibility index (Phi) is 6.09. The predicted octanol–water partition coefficient (Wildman–Crippen LogP) is 3.73. The molecule has 1 saturated carbocycles. The summed E-state index contributed by atoms with van der Waals surface area (Å²) in [6.07, 6.45) is 3.13. The number of amides is 1. The zero-order valence-electron chi connectivity index (χ0n) is 17.4. The van der Waals surface area contributed by atoms with Crippen LogP contribution in [0.5, 0.6) is 5.75 Å². The number of anilines is 1. The molecule has 4 rings (SSSR count). The molecule has 1 amide bonds. The lowest BCUT2D eigenvalue weighted by Gasteiger charge is -2.10. The first-order chi connectivity index (χ1) is 14.6. The van der Waals surface area contributed by atoms with E-state index in [9.17, 15) is 4.79 Å². The highest BCUT2D eigenvalue weighted by atomic mass is 16.5. The van der Waals surface area contributed by atoms with Crippen LogP contribution in [0.3, 0.4) is 0 Å². The van der Waals surface area contributed by atoms with Crippen molar-refractivity contribution in [2.45, 2.75) is 25.2 Å². The summed E-state index contributed by atoms with van der Waals surface area (Å²) in [4.78, 5) is 19.4. The number of benzene rings is 2. The maximum Gasteiger partial charge on any atom is 0.295 e. The first-order valence-electron chi connectivity index (χ1n) is 10.3. The van der Waals surface area contributed by atoms with E-state index in [-0.39, 0.29) is 11.7 Å². The van der Waals surface area contributed by atoms with E-state index in [4.69, 9.17) is 4.74 Å². The molecule has 0 spiro atoms. The van der Waals surface area contributed by atoms with Gasteiger partial charge in [0.2, 0.25) is 5.82 Å². The van der Waals surface area contributed by atoms with Crippen LogP contribution in [0, 0.1) is 0 Å². The topological polar surface area (TPSA) is 72.3 Å². The molecule has 1 aliphatic carbocycles. The fourth-order valence-corrected chi connectivity index (χ4v) is 3.18. The number of ether oxygens (including phenoxy) is 1. The maximum absolute atomic E-state index is 12.7. The van der Waals surface area contributed by atoms with Gasteiger partial charge < -0.3 is 15.0 Å². The molecule has 1 fully saturated rings. The molecule has 3 aromatic rings. The van der Waals surface area contributed by atoms with Crippen molar-refractivity contribution in [3.8, 4) is 11.4 Å². The molecule has 7 heteroatoms. The van der Waals surface area contributed by atoms with Crippen molar-refractivity contribution in [3.63, 3.8) is 0 Å². The summed E-state index contributed by atoms with van der Waals surface area (Å²) in [6, 6.07) is 17.2. The van der Waals surface area contributed by atoms with Gasteiger partial charge in [-0.1, -0.05) is 18.2 Å². The maximum atomic E-state index is 12.7. The van der Waals surface area contributed by atoms with Gasteiger partial charge in [-0.15, -0.1) is 5.10 Å². The molecule has 2 aromatic carbocycles. The highest BCUT2D eigenvalue weighted by Gasteiger charge is 2.31. The second kappa shape index (κ2) is 9.09. The third kappa shape index (κ3) is 5.04. The molecule has 0 atom stereocenters. The highest BCUT2D eigenvalue weighted by Crippen LogP contribution is 2.39. The highest BCUT2D eigenvalue weighted by molar-refractivity contribution is 6.01. The van der Waals surface area contributed by atoms with Crippen LogP contribution in [0.15, 0.2) is 54.6 Å². The van der Waals surface area contributed by atoms with E-state index in [0.717, 1.165) is 43.1 Å². The second-order valence-electron chi connectivity index (χ2n) is 7.80. The zero-order valence-corrected chi connectivity index (χ0v) is 17.4. The normalized spacial score (nSPS) is 13.4. The second-order valence-corrected chi connectivity index (χ2v) is 7.80. The van der Waals surface area contributed by atoms with Crippen molar-refractivity contribution >= 4 is 11.6 Å². The molecule has 0 saturated heterocycles. The molecule has 156 valence electrons. The van der Waals surface area contributed by atoms with E-state index in [1.807, 2.05) is 68.7 Å². The third-order valence-corrected chi connectivity index (χ3v) is 4.91. The van der Waals surface area contributed by atoms with Crippen LogP contribution in [0.4, 0.5) is 5.69 Å². The van der Waals surface area contributed by atoms with E-state index in [0.29, 0.717) is 18.2 Å². The molecule has 0 unspecified atom stereocenters. The van der Waals surface area contributed by atoms with E-state index >= 15 is 0 Å². The number of nitrogens with zero attached hydrogens (tertiary/aromatic N) is 4. The lowest BCUT2D eigenvalue weighted by Crippen LogP contribution is -2.15. The van der Waals surface area contributed by atoms with Gasteiger partial charge in [0.25, 0.3) is 5.91 Å². The van der Waals surface area contributed by atoms with Gasteiger partial charge in [0.05, 0.1) is 12.3 Å².